The van der Waals surface area contributed by atoms with Crippen LogP contribution in [0.1, 0.15) is 18.1 Å². The first-order valence-electron chi connectivity index (χ1n) is 8.10. The van der Waals surface area contributed by atoms with E-state index in [1.165, 1.54) is 0 Å². The van der Waals surface area contributed by atoms with Gasteiger partial charge in [0.25, 0.3) is 0 Å². The molecule has 0 aliphatic heterocycles. The van der Waals surface area contributed by atoms with Crippen molar-refractivity contribution >= 4 is 17.3 Å². The Hall–Kier alpha value is -2.75. The third-order valence-corrected chi connectivity index (χ3v) is 3.69. The van der Waals surface area contributed by atoms with Gasteiger partial charge in [0.2, 0.25) is 5.91 Å². The molecular weight excluding hydrogens is 300 g/mol. The Bertz CT molecular complexity index is 711. The second-order valence-electron chi connectivity index (χ2n) is 5.46. The van der Waals surface area contributed by atoms with Crippen LogP contribution < -0.4 is 15.4 Å². The molecule has 4 heteroatoms. The number of hydrogen-bond donors (Lipinski definition) is 2. The number of rotatable bonds is 8. The molecule has 126 valence electrons. The third-order valence-electron chi connectivity index (χ3n) is 3.69. The van der Waals surface area contributed by atoms with Gasteiger partial charge in [0.1, 0.15) is 12.4 Å². The van der Waals surface area contributed by atoms with Gasteiger partial charge >= 0.3 is 0 Å². The molecule has 0 heterocycles. The number of carbonyl (C=O) groups is 1. The summed E-state index contributed by atoms with van der Waals surface area (Å²) in [5, 5.41) is 6.13. The van der Waals surface area contributed by atoms with Crippen LogP contribution in [-0.2, 0) is 11.2 Å². The molecule has 2 aromatic carbocycles. The molecule has 0 atom stereocenters. The predicted molar refractivity (Wildman–Crippen MR) is 99.8 cm³/mol. The minimum Gasteiger partial charge on any atom is -0.487 e. The van der Waals surface area contributed by atoms with Crippen LogP contribution in [-0.4, -0.2) is 19.1 Å². The van der Waals surface area contributed by atoms with Gasteiger partial charge in [-0.2, -0.15) is 0 Å². The first kappa shape index (κ1) is 17.6. The molecule has 0 radical (unpaired) electrons. The van der Waals surface area contributed by atoms with Gasteiger partial charge in [-0.05, 0) is 36.6 Å². The number of para-hydroxylation sites is 3. The van der Waals surface area contributed by atoms with E-state index in [1.54, 1.807) is 6.08 Å². The molecule has 24 heavy (non-hydrogen) atoms. The van der Waals surface area contributed by atoms with Gasteiger partial charge in [-0.15, -0.1) is 0 Å². The van der Waals surface area contributed by atoms with Crippen LogP contribution in [0.5, 0.6) is 5.75 Å². The molecule has 2 N–H and O–H groups in total. The van der Waals surface area contributed by atoms with Crippen LogP contribution in [0.4, 0.5) is 11.4 Å². The van der Waals surface area contributed by atoms with E-state index in [0.717, 1.165) is 28.9 Å². The highest BCUT2D eigenvalue weighted by Gasteiger charge is 2.09. The van der Waals surface area contributed by atoms with Gasteiger partial charge in [0, 0.05) is 5.69 Å². The minimum absolute atomic E-state index is 0.0856. The van der Waals surface area contributed by atoms with Crippen molar-refractivity contribution in [2.45, 2.75) is 20.3 Å². The van der Waals surface area contributed by atoms with Crippen molar-refractivity contribution in [3.05, 3.63) is 66.2 Å². The summed E-state index contributed by atoms with van der Waals surface area (Å²) >= 11 is 0. The lowest BCUT2D eigenvalue weighted by Crippen LogP contribution is -2.23. The highest BCUT2D eigenvalue weighted by Crippen LogP contribution is 2.24. The molecule has 1 amide bonds. The van der Waals surface area contributed by atoms with Crippen molar-refractivity contribution in [2.75, 3.05) is 23.8 Å². The average molecular weight is 324 g/mol. The van der Waals surface area contributed by atoms with E-state index in [4.69, 9.17) is 4.74 Å². The predicted octanol–water partition coefficient (Wildman–Crippen LogP) is 4.17. The van der Waals surface area contributed by atoms with Crippen LogP contribution in [0.25, 0.3) is 0 Å². The summed E-state index contributed by atoms with van der Waals surface area (Å²) in [6.45, 7) is 8.32. The van der Waals surface area contributed by atoms with Crippen molar-refractivity contribution in [1.82, 2.24) is 0 Å². The summed E-state index contributed by atoms with van der Waals surface area (Å²) in [4.78, 5) is 12.3. The molecule has 0 saturated heterocycles. The lowest BCUT2D eigenvalue weighted by molar-refractivity contribution is -0.114. The molecule has 0 spiro atoms. The minimum atomic E-state index is -0.0856. The second-order valence-corrected chi connectivity index (χ2v) is 5.46. The zero-order valence-electron chi connectivity index (χ0n) is 14.3. The zero-order chi connectivity index (χ0) is 17.4. The Kier molecular flexibility index (Phi) is 6.43. The Morgan fingerprint density at radius 3 is 2.75 bits per heavy atom. The van der Waals surface area contributed by atoms with Crippen molar-refractivity contribution in [3.8, 4) is 5.75 Å². The van der Waals surface area contributed by atoms with Crippen LogP contribution in [0.2, 0.25) is 0 Å². The fourth-order valence-electron chi connectivity index (χ4n) is 2.45. The molecule has 0 unspecified atom stereocenters. The van der Waals surface area contributed by atoms with E-state index in [1.807, 2.05) is 49.4 Å². The second kappa shape index (κ2) is 8.77. The fraction of sp³-hybridized carbons (Fsp3) is 0.250. The molecule has 2 aromatic rings. The van der Waals surface area contributed by atoms with Crippen LogP contribution in [0.3, 0.4) is 0 Å². The van der Waals surface area contributed by atoms with Crippen molar-refractivity contribution in [3.63, 3.8) is 0 Å². The molecule has 0 bridgehead atoms. The monoisotopic (exact) mass is 324 g/mol. The number of amides is 1. The molecule has 0 aliphatic rings. The van der Waals surface area contributed by atoms with E-state index < -0.39 is 0 Å². The normalized spacial score (nSPS) is 10.1. The molecule has 0 aromatic heterocycles. The first-order chi connectivity index (χ1) is 11.7. The zero-order valence-corrected chi connectivity index (χ0v) is 14.3. The molecule has 0 fully saturated rings. The molecule has 4 nitrogen and oxygen atoms in total. The summed E-state index contributed by atoms with van der Waals surface area (Å²) in [7, 11) is 0. The standard InChI is InChI=1S/C20H24N2O2/c1-4-13-24-18-12-7-6-11-17(18)21-14-19(23)22-20-15(3)9-8-10-16(20)5-2/h4,6-12,21H,1,5,13-14H2,2-3H3,(H,22,23). The Morgan fingerprint density at radius 1 is 1.21 bits per heavy atom. The summed E-state index contributed by atoms with van der Waals surface area (Å²) in [6.07, 6.45) is 2.57. The molecule has 0 aliphatic carbocycles. The summed E-state index contributed by atoms with van der Waals surface area (Å²) in [5.74, 6) is 0.618. The molecule has 0 saturated carbocycles. The van der Waals surface area contributed by atoms with E-state index >= 15 is 0 Å². The van der Waals surface area contributed by atoms with Crippen LogP contribution >= 0.6 is 0 Å². The maximum atomic E-state index is 12.3. The van der Waals surface area contributed by atoms with Gasteiger partial charge in [0.05, 0.1) is 12.2 Å². The summed E-state index contributed by atoms with van der Waals surface area (Å²) in [6, 6.07) is 13.6. The Balaban J connectivity index is 2.01. The lowest BCUT2D eigenvalue weighted by Gasteiger charge is -2.15. The van der Waals surface area contributed by atoms with Crippen molar-refractivity contribution < 1.29 is 9.53 Å². The summed E-state index contributed by atoms with van der Waals surface area (Å²) < 4.78 is 5.58. The average Bonchev–Trinajstić information content (AvgIpc) is 2.60. The maximum absolute atomic E-state index is 12.3. The Morgan fingerprint density at radius 2 is 2.00 bits per heavy atom. The van der Waals surface area contributed by atoms with Gasteiger partial charge < -0.3 is 15.4 Å². The first-order valence-corrected chi connectivity index (χ1v) is 8.10. The highest BCUT2D eigenvalue weighted by atomic mass is 16.5. The van der Waals surface area contributed by atoms with E-state index in [2.05, 4.69) is 24.1 Å². The number of aryl methyl sites for hydroxylation is 2. The summed E-state index contributed by atoms with van der Waals surface area (Å²) in [5.41, 5.74) is 3.90. The van der Waals surface area contributed by atoms with Crippen LogP contribution in [0, 0.1) is 6.92 Å². The van der Waals surface area contributed by atoms with E-state index in [-0.39, 0.29) is 12.5 Å². The third kappa shape index (κ3) is 4.62. The number of benzene rings is 2. The number of anilines is 2. The number of hydrogen-bond acceptors (Lipinski definition) is 3. The number of nitrogens with one attached hydrogen (secondary N) is 2. The van der Waals surface area contributed by atoms with Crippen molar-refractivity contribution in [2.24, 2.45) is 0 Å². The van der Waals surface area contributed by atoms with E-state index in [0.29, 0.717) is 12.4 Å². The van der Waals surface area contributed by atoms with E-state index in [9.17, 15) is 4.79 Å². The SMILES string of the molecule is C=CCOc1ccccc1NCC(=O)Nc1c(C)cccc1CC. The largest absolute Gasteiger partial charge is 0.487 e. The maximum Gasteiger partial charge on any atom is 0.243 e. The lowest BCUT2D eigenvalue weighted by atomic mass is 10.1. The van der Waals surface area contributed by atoms with Crippen LogP contribution in [0.15, 0.2) is 55.1 Å². The topological polar surface area (TPSA) is 50.4 Å². The number of ether oxygens (including phenoxy) is 1. The van der Waals surface area contributed by atoms with Gasteiger partial charge in [0.15, 0.2) is 0 Å². The van der Waals surface area contributed by atoms with Gasteiger partial charge in [-0.3, -0.25) is 4.79 Å². The highest BCUT2D eigenvalue weighted by molar-refractivity contribution is 5.95. The fourth-order valence-corrected chi connectivity index (χ4v) is 2.45. The molecule has 2 rings (SSSR count). The van der Waals surface area contributed by atoms with Gasteiger partial charge in [-0.1, -0.05) is 49.9 Å². The van der Waals surface area contributed by atoms with Gasteiger partial charge in [-0.25, -0.2) is 0 Å². The Labute approximate surface area is 143 Å². The molecular formula is C20H24N2O2. The number of carbonyl (C=O) groups excluding carboxylic acids is 1. The quantitative estimate of drug-likeness (QED) is 0.716. The van der Waals surface area contributed by atoms with Crippen molar-refractivity contribution in [1.29, 1.82) is 0 Å². The smallest absolute Gasteiger partial charge is 0.243 e.